The molecule has 3 N–H and O–H groups in total. The van der Waals surface area contributed by atoms with Crippen molar-refractivity contribution in [1.29, 1.82) is 0 Å². The lowest BCUT2D eigenvalue weighted by Crippen LogP contribution is -2.48. The SMILES string of the molecule is NC(=O)CC[C@H](NC(=O)Cc1ccccc1)C(=O)[O-]. The second kappa shape index (κ2) is 7.15. The summed E-state index contributed by atoms with van der Waals surface area (Å²) >= 11 is 0. The molecule has 0 radical (unpaired) electrons. The molecule has 0 saturated heterocycles. The van der Waals surface area contributed by atoms with Gasteiger partial charge in [-0.15, -0.1) is 0 Å². The lowest BCUT2D eigenvalue weighted by molar-refractivity contribution is -0.308. The minimum absolute atomic E-state index is 0.0706. The summed E-state index contributed by atoms with van der Waals surface area (Å²) < 4.78 is 0. The number of amides is 2. The van der Waals surface area contributed by atoms with Crippen LogP contribution in [0.1, 0.15) is 18.4 Å². The van der Waals surface area contributed by atoms with Crippen LogP contribution in [0.4, 0.5) is 0 Å². The fourth-order valence-electron chi connectivity index (χ4n) is 1.56. The maximum absolute atomic E-state index is 11.7. The van der Waals surface area contributed by atoms with E-state index in [1.807, 2.05) is 6.07 Å². The molecule has 1 rings (SSSR count). The van der Waals surface area contributed by atoms with Crippen molar-refractivity contribution in [3.05, 3.63) is 35.9 Å². The van der Waals surface area contributed by atoms with E-state index in [0.29, 0.717) is 0 Å². The Morgan fingerprint density at radius 3 is 2.37 bits per heavy atom. The van der Waals surface area contributed by atoms with Crippen molar-refractivity contribution < 1.29 is 19.5 Å². The third-order valence-electron chi connectivity index (χ3n) is 2.51. The number of hydrogen-bond acceptors (Lipinski definition) is 4. The first kappa shape index (κ1) is 14.7. The molecule has 1 aromatic carbocycles. The number of nitrogens with one attached hydrogen (secondary N) is 1. The molecule has 2 amide bonds. The highest BCUT2D eigenvalue weighted by Crippen LogP contribution is 2.01. The van der Waals surface area contributed by atoms with Gasteiger partial charge in [-0.25, -0.2) is 0 Å². The van der Waals surface area contributed by atoms with Crippen LogP contribution >= 0.6 is 0 Å². The van der Waals surface area contributed by atoms with E-state index in [-0.39, 0.29) is 19.3 Å². The molecule has 0 unspecified atom stereocenters. The molecule has 0 aliphatic carbocycles. The summed E-state index contributed by atoms with van der Waals surface area (Å²) in [6.45, 7) is 0. The van der Waals surface area contributed by atoms with Gasteiger partial charge < -0.3 is 21.0 Å². The number of carbonyl (C=O) groups is 3. The summed E-state index contributed by atoms with van der Waals surface area (Å²) in [4.78, 5) is 33.1. The highest BCUT2D eigenvalue weighted by molar-refractivity contribution is 5.84. The monoisotopic (exact) mass is 263 g/mol. The zero-order chi connectivity index (χ0) is 14.3. The molecule has 6 heteroatoms. The van der Waals surface area contributed by atoms with Crippen LogP contribution in [0.25, 0.3) is 0 Å². The van der Waals surface area contributed by atoms with Gasteiger partial charge in [0.25, 0.3) is 0 Å². The maximum atomic E-state index is 11.7. The molecule has 19 heavy (non-hydrogen) atoms. The van der Waals surface area contributed by atoms with Gasteiger partial charge in [-0.05, 0) is 12.0 Å². The zero-order valence-electron chi connectivity index (χ0n) is 10.3. The summed E-state index contributed by atoms with van der Waals surface area (Å²) in [7, 11) is 0. The molecule has 102 valence electrons. The summed E-state index contributed by atoms with van der Waals surface area (Å²) in [5.41, 5.74) is 5.70. The average Bonchev–Trinajstić information content (AvgIpc) is 2.35. The van der Waals surface area contributed by atoms with Gasteiger partial charge >= 0.3 is 0 Å². The molecule has 0 fully saturated rings. The van der Waals surface area contributed by atoms with Gasteiger partial charge in [0.05, 0.1) is 18.4 Å². The third kappa shape index (κ3) is 5.67. The maximum Gasteiger partial charge on any atom is 0.224 e. The first-order chi connectivity index (χ1) is 8.99. The van der Waals surface area contributed by atoms with Crippen LogP contribution in [0.5, 0.6) is 0 Å². The van der Waals surface area contributed by atoms with Crippen molar-refractivity contribution in [1.82, 2.24) is 5.32 Å². The minimum Gasteiger partial charge on any atom is -0.548 e. The van der Waals surface area contributed by atoms with Crippen molar-refractivity contribution >= 4 is 17.8 Å². The van der Waals surface area contributed by atoms with Crippen molar-refractivity contribution in [2.45, 2.75) is 25.3 Å². The Morgan fingerprint density at radius 2 is 1.84 bits per heavy atom. The normalized spacial score (nSPS) is 11.6. The molecule has 6 nitrogen and oxygen atoms in total. The molecule has 1 aromatic rings. The Morgan fingerprint density at radius 1 is 1.21 bits per heavy atom. The molecule has 0 aromatic heterocycles. The Labute approximate surface area is 110 Å². The average molecular weight is 263 g/mol. The van der Waals surface area contributed by atoms with E-state index < -0.39 is 23.8 Å². The van der Waals surface area contributed by atoms with Crippen molar-refractivity contribution in [2.75, 3.05) is 0 Å². The Kier molecular flexibility index (Phi) is 5.53. The number of primary amides is 1. The van der Waals surface area contributed by atoms with E-state index in [1.165, 1.54) is 0 Å². The van der Waals surface area contributed by atoms with Gasteiger partial charge in [0.15, 0.2) is 0 Å². The smallest absolute Gasteiger partial charge is 0.224 e. The van der Waals surface area contributed by atoms with E-state index in [2.05, 4.69) is 5.32 Å². The van der Waals surface area contributed by atoms with Crippen LogP contribution < -0.4 is 16.2 Å². The standard InChI is InChI=1S/C13H16N2O4/c14-11(16)7-6-10(13(18)19)15-12(17)8-9-4-2-1-3-5-9/h1-5,10H,6-8H2,(H2,14,16)(H,15,17)(H,18,19)/p-1/t10-/m0/s1. The highest BCUT2D eigenvalue weighted by Gasteiger charge is 2.14. The van der Waals surface area contributed by atoms with Gasteiger partial charge in [-0.2, -0.15) is 0 Å². The lowest BCUT2D eigenvalue weighted by atomic mass is 10.1. The number of hydrogen-bond donors (Lipinski definition) is 2. The van der Waals surface area contributed by atoms with Crippen LogP contribution in [-0.4, -0.2) is 23.8 Å². The van der Waals surface area contributed by atoms with E-state index in [4.69, 9.17) is 5.73 Å². The molecule has 0 bridgehead atoms. The van der Waals surface area contributed by atoms with Gasteiger partial charge in [-0.1, -0.05) is 30.3 Å². The van der Waals surface area contributed by atoms with E-state index in [1.54, 1.807) is 24.3 Å². The largest absolute Gasteiger partial charge is 0.548 e. The van der Waals surface area contributed by atoms with Crippen molar-refractivity contribution in [3.8, 4) is 0 Å². The number of carbonyl (C=O) groups excluding carboxylic acids is 3. The van der Waals surface area contributed by atoms with Gasteiger partial charge in [0.1, 0.15) is 0 Å². The fourth-order valence-corrected chi connectivity index (χ4v) is 1.56. The first-order valence-corrected chi connectivity index (χ1v) is 5.81. The van der Waals surface area contributed by atoms with Crippen LogP contribution in [0.2, 0.25) is 0 Å². The lowest BCUT2D eigenvalue weighted by Gasteiger charge is -2.19. The Hall–Kier alpha value is -2.37. The second-order valence-corrected chi connectivity index (χ2v) is 4.11. The summed E-state index contributed by atoms with van der Waals surface area (Å²) in [6, 6.07) is 7.70. The number of rotatable bonds is 7. The summed E-state index contributed by atoms with van der Waals surface area (Å²) in [6.07, 6.45) is -0.121. The number of nitrogens with two attached hydrogens (primary N) is 1. The van der Waals surface area contributed by atoms with E-state index >= 15 is 0 Å². The molecule has 0 saturated carbocycles. The first-order valence-electron chi connectivity index (χ1n) is 5.81. The quantitative estimate of drug-likeness (QED) is 0.638. The van der Waals surface area contributed by atoms with Crippen molar-refractivity contribution in [2.24, 2.45) is 5.73 Å². The topological polar surface area (TPSA) is 112 Å². The molecular weight excluding hydrogens is 248 g/mol. The van der Waals surface area contributed by atoms with E-state index in [9.17, 15) is 19.5 Å². The van der Waals surface area contributed by atoms with Crippen LogP contribution in [0.15, 0.2) is 30.3 Å². The summed E-state index contributed by atoms with van der Waals surface area (Å²) in [5, 5.41) is 13.1. The second-order valence-electron chi connectivity index (χ2n) is 4.11. The van der Waals surface area contributed by atoms with Gasteiger partial charge in [0, 0.05) is 6.42 Å². The molecule has 0 aliphatic heterocycles. The molecule has 0 spiro atoms. The summed E-state index contributed by atoms with van der Waals surface area (Å²) in [5.74, 6) is -2.49. The van der Waals surface area contributed by atoms with Crippen LogP contribution in [0, 0.1) is 0 Å². The van der Waals surface area contributed by atoms with Crippen molar-refractivity contribution in [3.63, 3.8) is 0 Å². The van der Waals surface area contributed by atoms with Crippen LogP contribution in [-0.2, 0) is 20.8 Å². The van der Waals surface area contributed by atoms with Crippen LogP contribution in [0.3, 0.4) is 0 Å². The molecule has 0 aliphatic rings. The third-order valence-corrected chi connectivity index (χ3v) is 2.51. The minimum atomic E-state index is -1.43. The Bertz CT molecular complexity index is 459. The fraction of sp³-hybridized carbons (Fsp3) is 0.308. The number of benzene rings is 1. The zero-order valence-corrected chi connectivity index (χ0v) is 10.3. The number of carboxylic acid groups (broad SMARTS) is 1. The predicted molar refractivity (Wildman–Crippen MR) is 65.5 cm³/mol. The predicted octanol–water partition coefficient (Wildman–Crippen LogP) is -1.27. The highest BCUT2D eigenvalue weighted by atomic mass is 16.4. The number of aliphatic carboxylic acids is 1. The molecule has 0 heterocycles. The number of carboxylic acids is 1. The molecule has 1 atom stereocenters. The van der Waals surface area contributed by atoms with Gasteiger partial charge in [-0.3, -0.25) is 9.59 Å². The Balaban J connectivity index is 2.52. The van der Waals surface area contributed by atoms with Gasteiger partial charge in [0.2, 0.25) is 11.8 Å². The van der Waals surface area contributed by atoms with E-state index in [0.717, 1.165) is 5.56 Å². The molecular formula is C13H15N2O4-.